The fourth-order valence-corrected chi connectivity index (χ4v) is 3.55. The molecule has 1 heteroatoms. The molecule has 2 fully saturated rings. The summed E-state index contributed by atoms with van der Waals surface area (Å²) in [6, 6.07) is 11.5. The van der Waals surface area contributed by atoms with Gasteiger partial charge in [-0.3, -0.25) is 0 Å². The molecule has 0 aromatic heterocycles. The van der Waals surface area contributed by atoms with E-state index in [1.54, 1.807) is 0 Å². The van der Waals surface area contributed by atoms with Gasteiger partial charge < -0.3 is 0 Å². The van der Waals surface area contributed by atoms with E-state index in [4.69, 9.17) is 0 Å². The fourth-order valence-electron chi connectivity index (χ4n) is 3.55. The van der Waals surface area contributed by atoms with E-state index in [0.29, 0.717) is 0 Å². The van der Waals surface area contributed by atoms with Crippen molar-refractivity contribution in [3.05, 3.63) is 35.4 Å². The monoisotopic (exact) mass is 253 g/mol. The molecule has 1 unspecified atom stereocenters. The molecule has 1 aromatic rings. The summed E-state index contributed by atoms with van der Waals surface area (Å²) < 4.78 is 0. The molecule has 2 aliphatic rings. The Labute approximate surface area is 116 Å². The molecule has 1 atom stereocenters. The SMILES string of the molecule is CCCC(c1cccc(C2(C#N)CCC2)c1)C1CC1. The Bertz CT molecular complexity index is 489. The predicted molar refractivity (Wildman–Crippen MR) is 78.0 cm³/mol. The van der Waals surface area contributed by atoms with E-state index in [1.165, 1.54) is 43.2 Å². The topological polar surface area (TPSA) is 23.8 Å². The summed E-state index contributed by atoms with van der Waals surface area (Å²) in [5.74, 6) is 1.65. The second-order valence-electron chi connectivity index (χ2n) is 6.41. The first-order valence-electron chi connectivity index (χ1n) is 7.81. The van der Waals surface area contributed by atoms with Crippen LogP contribution in [-0.4, -0.2) is 0 Å². The summed E-state index contributed by atoms with van der Waals surface area (Å²) in [5.41, 5.74) is 2.61. The van der Waals surface area contributed by atoms with Gasteiger partial charge in [0.05, 0.1) is 11.5 Å². The molecule has 2 aliphatic carbocycles. The highest BCUT2D eigenvalue weighted by atomic mass is 14.5. The lowest BCUT2D eigenvalue weighted by Gasteiger charge is -2.36. The molecule has 0 aliphatic heterocycles. The quantitative estimate of drug-likeness (QED) is 0.730. The van der Waals surface area contributed by atoms with Crippen LogP contribution in [0.25, 0.3) is 0 Å². The maximum Gasteiger partial charge on any atom is 0.0822 e. The minimum Gasteiger partial charge on any atom is -0.197 e. The van der Waals surface area contributed by atoms with Gasteiger partial charge in [0.25, 0.3) is 0 Å². The summed E-state index contributed by atoms with van der Waals surface area (Å²) in [4.78, 5) is 0. The lowest BCUT2D eigenvalue weighted by Crippen LogP contribution is -2.32. The van der Waals surface area contributed by atoms with Crippen LogP contribution in [0.2, 0.25) is 0 Å². The minimum atomic E-state index is -0.156. The van der Waals surface area contributed by atoms with Crippen LogP contribution >= 0.6 is 0 Å². The zero-order valence-corrected chi connectivity index (χ0v) is 11.9. The molecule has 19 heavy (non-hydrogen) atoms. The summed E-state index contributed by atoms with van der Waals surface area (Å²) in [7, 11) is 0. The van der Waals surface area contributed by atoms with Gasteiger partial charge in [-0.05, 0) is 61.5 Å². The molecule has 2 saturated carbocycles. The van der Waals surface area contributed by atoms with Crippen molar-refractivity contribution < 1.29 is 0 Å². The van der Waals surface area contributed by atoms with Crippen molar-refractivity contribution in [2.75, 3.05) is 0 Å². The Morgan fingerprint density at radius 2 is 2.16 bits per heavy atom. The summed E-state index contributed by atoms with van der Waals surface area (Å²) >= 11 is 0. The van der Waals surface area contributed by atoms with Gasteiger partial charge in [-0.1, -0.05) is 37.6 Å². The van der Waals surface area contributed by atoms with Crippen LogP contribution in [-0.2, 0) is 5.41 Å². The third-order valence-corrected chi connectivity index (χ3v) is 5.08. The van der Waals surface area contributed by atoms with Crippen LogP contribution in [0.15, 0.2) is 24.3 Å². The number of nitriles is 1. The first-order chi connectivity index (χ1) is 9.29. The fraction of sp³-hybridized carbons (Fsp3) is 0.611. The van der Waals surface area contributed by atoms with Crippen LogP contribution in [0.5, 0.6) is 0 Å². The van der Waals surface area contributed by atoms with E-state index in [1.807, 2.05) is 0 Å². The van der Waals surface area contributed by atoms with Crippen LogP contribution in [0, 0.1) is 17.2 Å². The Hall–Kier alpha value is -1.29. The molecule has 0 saturated heterocycles. The molecule has 0 spiro atoms. The molecule has 0 N–H and O–H groups in total. The lowest BCUT2D eigenvalue weighted by atomic mass is 9.65. The third kappa shape index (κ3) is 2.29. The number of hydrogen-bond acceptors (Lipinski definition) is 1. The lowest BCUT2D eigenvalue weighted by molar-refractivity contribution is 0.323. The van der Waals surface area contributed by atoms with Gasteiger partial charge in [-0.15, -0.1) is 0 Å². The number of rotatable bonds is 5. The smallest absolute Gasteiger partial charge is 0.0822 e. The van der Waals surface area contributed by atoms with Gasteiger partial charge in [0.2, 0.25) is 0 Å². The van der Waals surface area contributed by atoms with Crippen LogP contribution in [0.3, 0.4) is 0 Å². The minimum absolute atomic E-state index is 0.156. The Balaban J connectivity index is 1.88. The zero-order chi connectivity index (χ0) is 13.3. The zero-order valence-electron chi connectivity index (χ0n) is 11.9. The molecule has 0 bridgehead atoms. The van der Waals surface area contributed by atoms with Gasteiger partial charge >= 0.3 is 0 Å². The highest BCUT2D eigenvalue weighted by Crippen LogP contribution is 2.47. The largest absolute Gasteiger partial charge is 0.197 e. The first-order valence-corrected chi connectivity index (χ1v) is 7.81. The second kappa shape index (κ2) is 5.00. The van der Waals surface area contributed by atoms with Crippen molar-refractivity contribution in [3.63, 3.8) is 0 Å². The van der Waals surface area contributed by atoms with Crippen LogP contribution < -0.4 is 0 Å². The highest BCUT2D eigenvalue weighted by molar-refractivity contribution is 5.39. The van der Waals surface area contributed by atoms with Gasteiger partial charge in [-0.25, -0.2) is 0 Å². The number of hydrogen-bond donors (Lipinski definition) is 0. The van der Waals surface area contributed by atoms with E-state index >= 15 is 0 Å². The van der Waals surface area contributed by atoms with Crippen LogP contribution in [0.1, 0.15) is 68.9 Å². The van der Waals surface area contributed by atoms with Gasteiger partial charge in [-0.2, -0.15) is 5.26 Å². The number of nitrogens with zero attached hydrogens (tertiary/aromatic N) is 1. The van der Waals surface area contributed by atoms with Crippen LogP contribution in [0.4, 0.5) is 0 Å². The average Bonchev–Trinajstić information content (AvgIpc) is 3.20. The van der Waals surface area contributed by atoms with Crippen molar-refractivity contribution in [2.24, 2.45) is 5.92 Å². The van der Waals surface area contributed by atoms with Crippen molar-refractivity contribution in [1.29, 1.82) is 5.26 Å². The normalized spacial score (nSPS) is 22.3. The van der Waals surface area contributed by atoms with Crippen molar-refractivity contribution in [1.82, 2.24) is 0 Å². The van der Waals surface area contributed by atoms with E-state index in [2.05, 4.69) is 37.3 Å². The van der Waals surface area contributed by atoms with Crippen molar-refractivity contribution >= 4 is 0 Å². The Kier molecular flexibility index (Phi) is 3.35. The molecule has 0 heterocycles. The molecule has 100 valence electrons. The van der Waals surface area contributed by atoms with E-state index in [0.717, 1.165) is 24.7 Å². The molecular weight excluding hydrogens is 230 g/mol. The van der Waals surface area contributed by atoms with E-state index in [-0.39, 0.29) is 5.41 Å². The third-order valence-electron chi connectivity index (χ3n) is 5.08. The number of benzene rings is 1. The van der Waals surface area contributed by atoms with Gasteiger partial charge in [0.15, 0.2) is 0 Å². The van der Waals surface area contributed by atoms with E-state index in [9.17, 15) is 5.26 Å². The summed E-state index contributed by atoms with van der Waals surface area (Å²) in [6.45, 7) is 2.28. The molecule has 1 aromatic carbocycles. The molecule has 3 rings (SSSR count). The Morgan fingerprint density at radius 3 is 2.68 bits per heavy atom. The highest BCUT2D eigenvalue weighted by Gasteiger charge is 2.39. The van der Waals surface area contributed by atoms with Gasteiger partial charge in [0.1, 0.15) is 0 Å². The van der Waals surface area contributed by atoms with Gasteiger partial charge in [0, 0.05) is 0 Å². The van der Waals surface area contributed by atoms with Crippen molar-refractivity contribution in [3.8, 4) is 6.07 Å². The molecule has 0 amide bonds. The first kappa shape index (κ1) is 12.7. The summed E-state index contributed by atoms with van der Waals surface area (Å²) in [6.07, 6.45) is 8.67. The molecular formula is C18H23N. The maximum atomic E-state index is 9.49. The van der Waals surface area contributed by atoms with E-state index < -0.39 is 0 Å². The van der Waals surface area contributed by atoms with Crippen molar-refractivity contribution in [2.45, 2.75) is 63.2 Å². The molecule has 0 radical (unpaired) electrons. The standard InChI is InChI=1S/C18H23N/c1-2-5-17(14-8-9-14)15-6-3-7-16(12-15)18(13-19)10-4-11-18/h3,6-7,12,14,17H,2,4-5,8-11H2,1H3. The summed E-state index contributed by atoms with van der Waals surface area (Å²) in [5, 5.41) is 9.49. The predicted octanol–water partition coefficient (Wildman–Crippen LogP) is 4.93. The molecule has 1 nitrogen and oxygen atoms in total. The average molecular weight is 253 g/mol. The second-order valence-corrected chi connectivity index (χ2v) is 6.41. The maximum absolute atomic E-state index is 9.49. The Morgan fingerprint density at radius 1 is 1.37 bits per heavy atom.